The molecule has 1 aromatic carbocycles. The molecule has 1 saturated carbocycles. The highest BCUT2D eigenvalue weighted by Crippen LogP contribution is 2.27. The summed E-state index contributed by atoms with van der Waals surface area (Å²) in [6.45, 7) is 0. The number of benzene rings is 1. The first-order chi connectivity index (χ1) is 8.68. The molecule has 2 rings (SSSR count). The van der Waals surface area contributed by atoms with E-state index < -0.39 is 5.97 Å². The number of anilines is 2. The Balaban J connectivity index is 2.19. The van der Waals surface area contributed by atoms with Crippen molar-refractivity contribution in [3.8, 4) is 0 Å². The van der Waals surface area contributed by atoms with Crippen LogP contribution in [0.4, 0.5) is 11.4 Å². The molecule has 0 aromatic heterocycles. The third-order valence-corrected chi connectivity index (χ3v) is 3.53. The van der Waals surface area contributed by atoms with Crippen molar-refractivity contribution < 1.29 is 9.90 Å². The van der Waals surface area contributed by atoms with Crippen LogP contribution in [-0.4, -0.2) is 17.1 Å². The summed E-state index contributed by atoms with van der Waals surface area (Å²) in [5, 5.41) is 12.5. The third kappa shape index (κ3) is 2.94. The first-order valence-corrected chi connectivity index (χ1v) is 6.57. The van der Waals surface area contributed by atoms with E-state index in [-0.39, 0.29) is 5.56 Å². The standard InChI is InChI=1S/C14H20N2O2/c15-12-9-5-8-11(14(17)18)13(12)16-10-6-3-1-2-4-7-10/h5,8-10,16H,1-4,6-7,15H2,(H,17,18). The molecule has 18 heavy (non-hydrogen) atoms. The van der Waals surface area contributed by atoms with Crippen LogP contribution in [0.5, 0.6) is 0 Å². The average molecular weight is 248 g/mol. The Labute approximate surface area is 107 Å². The number of rotatable bonds is 3. The molecule has 0 spiro atoms. The topological polar surface area (TPSA) is 75.4 Å². The Morgan fingerprint density at radius 3 is 2.50 bits per heavy atom. The lowest BCUT2D eigenvalue weighted by molar-refractivity contribution is 0.0698. The maximum atomic E-state index is 11.2. The first kappa shape index (κ1) is 12.7. The van der Waals surface area contributed by atoms with Crippen molar-refractivity contribution in [2.45, 2.75) is 44.6 Å². The van der Waals surface area contributed by atoms with Gasteiger partial charge in [0.05, 0.1) is 16.9 Å². The zero-order valence-corrected chi connectivity index (χ0v) is 10.5. The monoisotopic (exact) mass is 248 g/mol. The first-order valence-electron chi connectivity index (χ1n) is 6.57. The van der Waals surface area contributed by atoms with Crippen molar-refractivity contribution in [3.63, 3.8) is 0 Å². The van der Waals surface area contributed by atoms with E-state index >= 15 is 0 Å². The van der Waals surface area contributed by atoms with Crippen molar-refractivity contribution in [1.82, 2.24) is 0 Å². The van der Waals surface area contributed by atoms with Gasteiger partial charge in [-0.1, -0.05) is 31.7 Å². The second-order valence-corrected chi connectivity index (χ2v) is 4.91. The fourth-order valence-corrected chi connectivity index (χ4v) is 2.54. The minimum Gasteiger partial charge on any atom is -0.478 e. The molecule has 0 saturated heterocycles. The fraction of sp³-hybridized carbons (Fsp3) is 0.500. The predicted molar refractivity (Wildman–Crippen MR) is 72.9 cm³/mol. The number of hydrogen-bond acceptors (Lipinski definition) is 3. The molecular formula is C14H20N2O2. The molecule has 4 nitrogen and oxygen atoms in total. The minimum absolute atomic E-state index is 0.263. The number of aromatic carboxylic acids is 1. The Bertz CT molecular complexity index is 424. The quantitative estimate of drug-likeness (QED) is 0.567. The van der Waals surface area contributed by atoms with Crippen molar-refractivity contribution in [3.05, 3.63) is 23.8 Å². The number of nitrogens with one attached hydrogen (secondary N) is 1. The van der Waals surface area contributed by atoms with Crippen LogP contribution in [0, 0.1) is 0 Å². The second kappa shape index (κ2) is 5.76. The molecule has 0 radical (unpaired) electrons. The van der Waals surface area contributed by atoms with E-state index in [1.54, 1.807) is 18.2 Å². The van der Waals surface area contributed by atoms with Crippen LogP contribution in [0.15, 0.2) is 18.2 Å². The van der Waals surface area contributed by atoms with Gasteiger partial charge in [-0.15, -0.1) is 0 Å². The van der Waals surface area contributed by atoms with Crippen LogP contribution >= 0.6 is 0 Å². The van der Waals surface area contributed by atoms with Crippen LogP contribution in [0.3, 0.4) is 0 Å². The largest absolute Gasteiger partial charge is 0.478 e. The number of nitrogens with two attached hydrogens (primary N) is 1. The summed E-state index contributed by atoms with van der Waals surface area (Å²) in [5.41, 5.74) is 7.25. The Morgan fingerprint density at radius 2 is 1.89 bits per heavy atom. The molecule has 1 aromatic rings. The van der Waals surface area contributed by atoms with E-state index in [1.165, 1.54) is 25.7 Å². The number of nitrogen functional groups attached to an aromatic ring is 1. The maximum absolute atomic E-state index is 11.2. The molecular weight excluding hydrogens is 228 g/mol. The molecule has 4 N–H and O–H groups in total. The molecule has 98 valence electrons. The van der Waals surface area contributed by atoms with Gasteiger partial charge >= 0.3 is 5.97 Å². The zero-order valence-electron chi connectivity index (χ0n) is 10.5. The highest BCUT2D eigenvalue weighted by atomic mass is 16.4. The SMILES string of the molecule is Nc1cccc(C(=O)O)c1NC1CCCCCC1. The third-order valence-electron chi connectivity index (χ3n) is 3.53. The molecule has 0 unspecified atom stereocenters. The molecule has 1 fully saturated rings. The van der Waals surface area contributed by atoms with E-state index in [0.29, 0.717) is 17.4 Å². The van der Waals surface area contributed by atoms with Gasteiger partial charge in [-0.25, -0.2) is 4.79 Å². The van der Waals surface area contributed by atoms with Gasteiger partial charge in [-0.3, -0.25) is 0 Å². The minimum atomic E-state index is -0.932. The number of carbonyl (C=O) groups is 1. The van der Waals surface area contributed by atoms with Gasteiger partial charge in [0.25, 0.3) is 0 Å². The second-order valence-electron chi connectivity index (χ2n) is 4.91. The van der Waals surface area contributed by atoms with Gasteiger partial charge < -0.3 is 16.2 Å². The summed E-state index contributed by atoms with van der Waals surface area (Å²) in [6, 6.07) is 5.36. The van der Waals surface area contributed by atoms with Crippen LogP contribution in [0.25, 0.3) is 0 Å². The lowest BCUT2D eigenvalue weighted by Gasteiger charge is -2.20. The van der Waals surface area contributed by atoms with Gasteiger partial charge in [0.15, 0.2) is 0 Å². The van der Waals surface area contributed by atoms with Gasteiger partial charge in [-0.05, 0) is 25.0 Å². The van der Waals surface area contributed by atoms with Gasteiger partial charge in [0.2, 0.25) is 0 Å². The molecule has 0 atom stereocenters. The van der Waals surface area contributed by atoms with Crippen LogP contribution in [0.2, 0.25) is 0 Å². The Hall–Kier alpha value is -1.71. The van der Waals surface area contributed by atoms with E-state index in [1.807, 2.05) is 0 Å². The molecule has 0 heterocycles. The molecule has 1 aliphatic carbocycles. The average Bonchev–Trinajstić information content (AvgIpc) is 2.60. The summed E-state index contributed by atoms with van der Waals surface area (Å²) < 4.78 is 0. The Kier molecular flexibility index (Phi) is 4.07. The van der Waals surface area contributed by atoms with Crippen molar-refractivity contribution >= 4 is 17.3 Å². The summed E-state index contributed by atoms with van der Waals surface area (Å²) >= 11 is 0. The molecule has 0 aliphatic heterocycles. The predicted octanol–water partition coefficient (Wildman–Crippen LogP) is 3.10. The van der Waals surface area contributed by atoms with E-state index in [9.17, 15) is 9.90 Å². The summed E-state index contributed by atoms with van der Waals surface area (Å²) in [6.07, 6.45) is 7.13. The van der Waals surface area contributed by atoms with E-state index in [0.717, 1.165) is 12.8 Å². The van der Waals surface area contributed by atoms with Gasteiger partial charge in [0, 0.05) is 6.04 Å². The van der Waals surface area contributed by atoms with Crippen LogP contribution < -0.4 is 11.1 Å². The van der Waals surface area contributed by atoms with Crippen molar-refractivity contribution in [1.29, 1.82) is 0 Å². The van der Waals surface area contributed by atoms with E-state index in [4.69, 9.17) is 5.73 Å². The van der Waals surface area contributed by atoms with Crippen molar-refractivity contribution in [2.24, 2.45) is 0 Å². The lowest BCUT2D eigenvalue weighted by atomic mass is 10.1. The smallest absolute Gasteiger partial charge is 0.337 e. The van der Waals surface area contributed by atoms with Crippen LogP contribution in [-0.2, 0) is 0 Å². The van der Waals surface area contributed by atoms with Gasteiger partial charge in [0.1, 0.15) is 0 Å². The highest BCUT2D eigenvalue weighted by molar-refractivity contribution is 5.97. The van der Waals surface area contributed by atoms with E-state index in [2.05, 4.69) is 5.32 Å². The molecule has 0 bridgehead atoms. The summed E-state index contributed by atoms with van der Waals surface area (Å²) in [5.74, 6) is -0.932. The highest BCUT2D eigenvalue weighted by Gasteiger charge is 2.17. The maximum Gasteiger partial charge on any atom is 0.337 e. The van der Waals surface area contributed by atoms with Crippen LogP contribution in [0.1, 0.15) is 48.9 Å². The van der Waals surface area contributed by atoms with Gasteiger partial charge in [-0.2, -0.15) is 0 Å². The lowest BCUT2D eigenvalue weighted by Crippen LogP contribution is -2.21. The number of carboxylic acid groups (broad SMARTS) is 1. The number of hydrogen-bond donors (Lipinski definition) is 3. The number of carboxylic acids is 1. The Morgan fingerprint density at radius 1 is 1.22 bits per heavy atom. The fourth-order valence-electron chi connectivity index (χ4n) is 2.54. The van der Waals surface area contributed by atoms with Crippen molar-refractivity contribution in [2.75, 3.05) is 11.1 Å². The molecule has 4 heteroatoms. The summed E-state index contributed by atoms with van der Waals surface area (Å²) in [4.78, 5) is 11.2. The number of para-hydroxylation sites is 1. The zero-order chi connectivity index (χ0) is 13.0. The normalized spacial score (nSPS) is 17.1. The molecule has 1 aliphatic rings. The summed E-state index contributed by atoms with van der Waals surface area (Å²) in [7, 11) is 0. The molecule has 0 amide bonds.